The lowest BCUT2D eigenvalue weighted by atomic mass is 9.89. The van der Waals surface area contributed by atoms with E-state index in [1.807, 2.05) is 70.5 Å². The van der Waals surface area contributed by atoms with Gasteiger partial charge in [-0.15, -0.1) is 0 Å². The van der Waals surface area contributed by atoms with Crippen LogP contribution in [0.25, 0.3) is 6.08 Å². The minimum absolute atomic E-state index is 0.0175. The smallest absolute Gasteiger partial charge is 0.289 e. The van der Waals surface area contributed by atoms with Crippen LogP contribution in [0.15, 0.2) is 78.6 Å². The van der Waals surface area contributed by atoms with Crippen molar-refractivity contribution >= 4 is 35.2 Å². The number of carbonyl (C=O) groups excluding carboxylic acids is 2. The van der Waals surface area contributed by atoms with E-state index in [4.69, 9.17) is 16.3 Å². The Morgan fingerprint density at radius 1 is 0.951 bits per heavy atom. The summed E-state index contributed by atoms with van der Waals surface area (Å²) in [5.41, 5.74) is 4.91. The van der Waals surface area contributed by atoms with Gasteiger partial charge in [0.15, 0.2) is 5.76 Å². The van der Waals surface area contributed by atoms with Gasteiger partial charge in [0.1, 0.15) is 6.10 Å². The normalized spacial score (nSPS) is 22.0. The quantitative estimate of drug-likeness (QED) is 0.337. The third-order valence-electron chi connectivity index (χ3n) is 8.45. The van der Waals surface area contributed by atoms with E-state index < -0.39 is 0 Å². The van der Waals surface area contributed by atoms with Gasteiger partial charge in [-0.25, -0.2) is 0 Å². The molecule has 2 amide bonds. The molecule has 2 aliphatic heterocycles. The molecule has 6 nitrogen and oxygen atoms in total. The monoisotopic (exact) mass is 569 g/mol. The molecule has 0 N–H and O–H groups in total. The third kappa shape index (κ3) is 6.13. The number of halogens is 1. The Hall–Kier alpha value is -3.77. The van der Waals surface area contributed by atoms with Gasteiger partial charge in [-0.05, 0) is 73.7 Å². The minimum atomic E-state index is -0.0626. The first-order valence-electron chi connectivity index (χ1n) is 14.6. The molecule has 3 aromatic carbocycles. The lowest BCUT2D eigenvalue weighted by Crippen LogP contribution is -2.54. The number of ether oxygens (including phenoxy) is 1. The number of benzene rings is 3. The maximum atomic E-state index is 13.7. The van der Waals surface area contributed by atoms with Gasteiger partial charge in [0.2, 0.25) is 0 Å². The highest BCUT2D eigenvalue weighted by molar-refractivity contribution is 6.30. The van der Waals surface area contributed by atoms with E-state index in [0.717, 1.165) is 55.6 Å². The number of carbonyl (C=O) groups is 2. The molecule has 2 unspecified atom stereocenters. The van der Waals surface area contributed by atoms with E-state index in [2.05, 4.69) is 30.0 Å². The zero-order chi connectivity index (χ0) is 28.3. The molecule has 2 saturated heterocycles. The van der Waals surface area contributed by atoms with Gasteiger partial charge in [0, 0.05) is 49.0 Å². The number of hydrogen-bond acceptors (Lipinski definition) is 4. The zero-order valence-corrected chi connectivity index (χ0v) is 24.2. The Labute approximate surface area is 247 Å². The average Bonchev–Trinajstić information content (AvgIpc) is 2.99. The molecule has 7 heteroatoms. The number of fused-ring (bicyclic) bond motifs is 1. The molecule has 2 heterocycles. The molecular formula is C34H36ClN3O3. The van der Waals surface area contributed by atoms with Crippen molar-refractivity contribution in [3.8, 4) is 0 Å². The summed E-state index contributed by atoms with van der Waals surface area (Å²) >= 11 is 6.16. The third-order valence-corrected chi connectivity index (χ3v) is 8.68. The van der Waals surface area contributed by atoms with Crippen LogP contribution in [-0.2, 0) is 16.1 Å². The predicted molar refractivity (Wildman–Crippen MR) is 163 cm³/mol. The topological polar surface area (TPSA) is 53.1 Å². The summed E-state index contributed by atoms with van der Waals surface area (Å²) in [6.07, 6.45) is 6.01. The van der Waals surface area contributed by atoms with Crippen molar-refractivity contribution in [3.63, 3.8) is 0 Å². The molecule has 0 aromatic heterocycles. The van der Waals surface area contributed by atoms with Crippen LogP contribution in [0.1, 0.15) is 52.7 Å². The summed E-state index contributed by atoms with van der Waals surface area (Å²) in [4.78, 5) is 33.1. The van der Waals surface area contributed by atoms with E-state index in [1.54, 1.807) is 0 Å². The van der Waals surface area contributed by atoms with Crippen LogP contribution in [0.4, 0.5) is 5.69 Å². The van der Waals surface area contributed by atoms with Gasteiger partial charge < -0.3 is 19.4 Å². The fourth-order valence-electron chi connectivity index (χ4n) is 6.27. The fraction of sp³-hybridized carbons (Fsp3) is 0.353. The highest BCUT2D eigenvalue weighted by atomic mass is 35.5. The minimum Gasteiger partial charge on any atom is -0.482 e. The first-order valence-corrected chi connectivity index (χ1v) is 15.0. The summed E-state index contributed by atoms with van der Waals surface area (Å²) in [6, 6.07) is 23.8. The molecule has 2 atom stereocenters. The summed E-state index contributed by atoms with van der Waals surface area (Å²) in [5, 5.41) is 0.717. The highest BCUT2D eigenvalue weighted by Gasteiger charge is 2.41. The number of piperazine rings is 1. The second kappa shape index (κ2) is 12.0. The molecule has 41 heavy (non-hydrogen) atoms. The molecule has 3 aromatic rings. The molecule has 0 bridgehead atoms. The van der Waals surface area contributed by atoms with Gasteiger partial charge in [0.25, 0.3) is 11.8 Å². The number of amides is 2. The second-order valence-corrected chi connectivity index (χ2v) is 11.8. The summed E-state index contributed by atoms with van der Waals surface area (Å²) in [6.45, 7) is 5.49. The number of nitrogens with zero attached hydrogens (tertiary/aromatic N) is 3. The molecule has 1 aliphatic carbocycles. The number of aryl methyl sites for hydroxylation is 1. The van der Waals surface area contributed by atoms with Gasteiger partial charge in [-0.1, -0.05) is 66.0 Å². The number of rotatable bonds is 5. The highest BCUT2D eigenvalue weighted by Crippen LogP contribution is 2.34. The molecule has 3 aliphatic rings. The fourth-order valence-corrected chi connectivity index (χ4v) is 6.45. The first-order chi connectivity index (χ1) is 19.9. The molecule has 212 valence electrons. The molecular weight excluding hydrogens is 534 g/mol. The Balaban J connectivity index is 1.13. The van der Waals surface area contributed by atoms with E-state index >= 15 is 0 Å². The van der Waals surface area contributed by atoms with Crippen molar-refractivity contribution < 1.29 is 14.3 Å². The molecule has 6 rings (SSSR count). The number of anilines is 1. The van der Waals surface area contributed by atoms with Crippen LogP contribution in [0.3, 0.4) is 0 Å². The van der Waals surface area contributed by atoms with E-state index in [1.165, 1.54) is 5.56 Å². The number of morpholine rings is 1. The van der Waals surface area contributed by atoms with Crippen molar-refractivity contribution in [1.29, 1.82) is 0 Å². The summed E-state index contributed by atoms with van der Waals surface area (Å²) < 4.78 is 6.31. The number of hydrogen-bond donors (Lipinski definition) is 0. The lowest BCUT2D eigenvalue weighted by molar-refractivity contribution is -0.149. The SMILES string of the molecule is Cc1cccc(CN2C(=O)/C(=C\c3ccc(C(=O)N4CCN(c5cccc(Cl)c5)CC4)cc3)OC3CCCCC32)c1. The Morgan fingerprint density at radius 3 is 2.46 bits per heavy atom. The van der Waals surface area contributed by atoms with Crippen LogP contribution in [0.2, 0.25) is 5.02 Å². The molecule has 1 saturated carbocycles. The Bertz CT molecular complexity index is 1450. The van der Waals surface area contributed by atoms with Crippen LogP contribution in [-0.4, -0.2) is 59.9 Å². The maximum Gasteiger partial charge on any atom is 0.289 e. The van der Waals surface area contributed by atoms with E-state index in [9.17, 15) is 9.59 Å². The predicted octanol–water partition coefficient (Wildman–Crippen LogP) is 6.32. The molecule has 0 spiro atoms. The zero-order valence-electron chi connectivity index (χ0n) is 23.5. The lowest BCUT2D eigenvalue weighted by Gasteiger charge is -2.44. The van der Waals surface area contributed by atoms with Crippen LogP contribution in [0, 0.1) is 6.92 Å². The second-order valence-electron chi connectivity index (χ2n) is 11.3. The van der Waals surface area contributed by atoms with Gasteiger partial charge in [-0.2, -0.15) is 0 Å². The van der Waals surface area contributed by atoms with Crippen molar-refractivity contribution in [3.05, 3.63) is 106 Å². The molecule has 3 fully saturated rings. The van der Waals surface area contributed by atoms with Gasteiger partial charge in [0.05, 0.1) is 6.04 Å². The maximum absolute atomic E-state index is 13.7. The van der Waals surface area contributed by atoms with Crippen molar-refractivity contribution in [2.24, 2.45) is 0 Å². The van der Waals surface area contributed by atoms with E-state index in [-0.39, 0.29) is 24.0 Å². The Kier molecular flexibility index (Phi) is 8.02. The van der Waals surface area contributed by atoms with Crippen LogP contribution >= 0.6 is 11.6 Å². The van der Waals surface area contributed by atoms with Gasteiger partial charge >= 0.3 is 0 Å². The standard InChI is InChI=1S/C34H36ClN3O3/c1-24-6-4-7-26(20-24)23-38-30-10-2-3-11-31(30)41-32(34(38)40)21-25-12-14-27(15-13-25)33(39)37-18-16-36(17-19-37)29-9-5-8-28(35)22-29/h4-9,12-15,20-22,30-31H,2-3,10-11,16-19,23H2,1H3/b32-21+. The first kappa shape index (κ1) is 27.4. The summed E-state index contributed by atoms with van der Waals surface area (Å²) in [5.74, 6) is 0.346. The van der Waals surface area contributed by atoms with Crippen molar-refractivity contribution in [2.75, 3.05) is 31.1 Å². The van der Waals surface area contributed by atoms with Gasteiger partial charge in [-0.3, -0.25) is 9.59 Å². The van der Waals surface area contributed by atoms with Crippen LogP contribution in [0.5, 0.6) is 0 Å². The van der Waals surface area contributed by atoms with Crippen molar-refractivity contribution in [1.82, 2.24) is 9.80 Å². The Morgan fingerprint density at radius 2 is 1.71 bits per heavy atom. The largest absolute Gasteiger partial charge is 0.482 e. The summed E-state index contributed by atoms with van der Waals surface area (Å²) in [7, 11) is 0. The van der Waals surface area contributed by atoms with Crippen LogP contribution < -0.4 is 4.90 Å². The average molecular weight is 570 g/mol. The van der Waals surface area contributed by atoms with E-state index in [0.29, 0.717) is 36.0 Å². The molecule has 0 radical (unpaired) electrons. The van der Waals surface area contributed by atoms with Crippen molar-refractivity contribution in [2.45, 2.75) is 51.3 Å².